The Balaban J connectivity index is 3.33. The molecule has 0 aliphatic carbocycles. The van der Waals surface area contributed by atoms with Gasteiger partial charge >= 0.3 is 0 Å². The average Bonchev–Trinajstić information content (AvgIpc) is 2.03. The van der Waals surface area contributed by atoms with Crippen molar-refractivity contribution in [3.05, 3.63) is 24.3 Å². The molecular formula is C6H7N2O3S. The number of hydrogen-bond acceptors (Lipinski definition) is 3. The van der Waals surface area contributed by atoms with Crippen molar-refractivity contribution in [1.29, 1.82) is 0 Å². The van der Waals surface area contributed by atoms with E-state index in [1.165, 1.54) is 18.2 Å². The molecule has 0 aromatic heterocycles. The Bertz CT molecular complexity index is 374. The second-order valence-electron chi connectivity index (χ2n) is 2.07. The molecule has 12 heavy (non-hydrogen) atoms. The van der Waals surface area contributed by atoms with Gasteiger partial charge in [0.2, 0.25) is 0 Å². The molecule has 1 rings (SSSR count). The van der Waals surface area contributed by atoms with E-state index >= 15 is 0 Å². The highest BCUT2D eigenvalue weighted by Crippen LogP contribution is 2.18. The zero-order valence-corrected chi connectivity index (χ0v) is 6.82. The summed E-state index contributed by atoms with van der Waals surface area (Å²) < 4.78 is 30.0. The molecule has 65 valence electrons. The third kappa shape index (κ3) is 1.73. The Morgan fingerprint density at radius 3 is 2.33 bits per heavy atom. The molecule has 0 saturated heterocycles. The molecule has 0 fully saturated rings. The fourth-order valence-corrected chi connectivity index (χ4v) is 1.42. The van der Waals surface area contributed by atoms with Gasteiger partial charge in [-0.3, -0.25) is 4.55 Å². The number of rotatable bonds is 2. The summed E-state index contributed by atoms with van der Waals surface area (Å²) in [6, 6.07) is 5.66. The van der Waals surface area contributed by atoms with Crippen LogP contribution in [-0.4, -0.2) is 13.0 Å². The van der Waals surface area contributed by atoms with Gasteiger partial charge in [0, 0.05) is 0 Å². The summed E-state index contributed by atoms with van der Waals surface area (Å²) in [5, 5.41) is 0. The predicted octanol–water partition coefficient (Wildman–Crippen LogP) is 0.0429. The normalized spacial score (nSPS) is 11.2. The van der Waals surface area contributed by atoms with Crippen LogP contribution in [-0.2, 0) is 10.1 Å². The predicted molar refractivity (Wildman–Crippen MR) is 42.2 cm³/mol. The van der Waals surface area contributed by atoms with Gasteiger partial charge < -0.3 is 0 Å². The summed E-state index contributed by atoms with van der Waals surface area (Å²) in [5.41, 5.74) is 3.24. The first-order valence-corrected chi connectivity index (χ1v) is 4.47. The lowest BCUT2D eigenvalue weighted by atomic mass is 10.3. The van der Waals surface area contributed by atoms with E-state index in [0.717, 1.165) is 0 Å². The van der Waals surface area contributed by atoms with E-state index in [9.17, 15) is 8.42 Å². The lowest BCUT2D eigenvalue weighted by Crippen LogP contribution is -2.10. The minimum atomic E-state index is -4.22. The summed E-state index contributed by atoms with van der Waals surface area (Å²) in [4.78, 5) is -0.285. The number of nitrogens with zero attached hydrogens (tertiary/aromatic N) is 1. The SMILES string of the molecule is N[N]c1ccccc1S(=O)(=O)O. The highest BCUT2D eigenvalue weighted by atomic mass is 32.2. The quantitative estimate of drug-likeness (QED) is 0.388. The van der Waals surface area contributed by atoms with Gasteiger partial charge in [-0.2, -0.15) is 8.42 Å². The lowest BCUT2D eigenvalue weighted by Gasteiger charge is -2.01. The summed E-state index contributed by atoms with van der Waals surface area (Å²) >= 11 is 0. The van der Waals surface area contributed by atoms with Crippen LogP contribution >= 0.6 is 0 Å². The van der Waals surface area contributed by atoms with Crippen LogP contribution in [0.3, 0.4) is 0 Å². The largest absolute Gasteiger partial charge is 0.296 e. The van der Waals surface area contributed by atoms with E-state index in [1.807, 2.05) is 0 Å². The Hall–Kier alpha value is -1.11. The van der Waals surface area contributed by atoms with Crippen molar-refractivity contribution < 1.29 is 13.0 Å². The molecule has 5 nitrogen and oxygen atoms in total. The molecule has 0 saturated carbocycles. The van der Waals surface area contributed by atoms with Crippen molar-refractivity contribution in [2.24, 2.45) is 5.84 Å². The molecule has 0 atom stereocenters. The third-order valence-electron chi connectivity index (χ3n) is 1.28. The molecule has 1 aromatic rings. The first-order valence-electron chi connectivity index (χ1n) is 3.03. The summed E-state index contributed by atoms with van der Waals surface area (Å²) in [6.07, 6.45) is 0. The smallest absolute Gasteiger partial charge is 0.282 e. The highest BCUT2D eigenvalue weighted by molar-refractivity contribution is 7.86. The molecule has 0 unspecified atom stereocenters. The maximum absolute atomic E-state index is 10.7. The minimum absolute atomic E-state index is 0.0417. The second-order valence-corrected chi connectivity index (χ2v) is 3.46. The van der Waals surface area contributed by atoms with E-state index < -0.39 is 10.1 Å². The Labute approximate surface area is 69.9 Å². The van der Waals surface area contributed by atoms with Crippen LogP contribution < -0.4 is 11.3 Å². The van der Waals surface area contributed by atoms with Crippen molar-refractivity contribution in [2.75, 3.05) is 0 Å². The maximum Gasteiger partial charge on any atom is 0.296 e. The highest BCUT2D eigenvalue weighted by Gasteiger charge is 2.13. The van der Waals surface area contributed by atoms with Crippen LogP contribution in [0.5, 0.6) is 0 Å². The molecule has 0 heterocycles. The zero-order valence-electron chi connectivity index (χ0n) is 6.01. The van der Waals surface area contributed by atoms with Gasteiger partial charge in [-0.05, 0) is 12.1 Å². The van der Waals surface area contributed by atoms with Gasteiger partial charge in [0.1, 0.15) is 4.90 Å². The Morgan fingerprint density at radius 2 is 1.92 bits per heavy atom. The van der Waals surface area contributed by atoms with Crippen molar-refractivity contribution in [3.63, 3.8) is 0 Å². The minimum Gasteiger partial charge on any atom is -0.282 e. The van der Waals surface area contributed by atoms with E-state index in [4.69, 9.17) is 10.4 Å². The van der Waals surface area contributed by atoms with Gasteiger partial charge in [0.05, 0.1) is 5.69 Å². The van der Waals surface area contributed by atoms with E-state index in [0.29, 0.717) is 0 Å². The van der Waals surface area contributed by atoms with Gasteiger partial charge in [-0.1, -0.05) is 12.1 Å². The fraction of sp³-hybridized carbons (Fsp3) is 0. The molecule has 0 bridgehead atoms. The van der Waals surface area contributed by atoms with Crippen molar-refractivity contribution in [3.8, 4) is 0 Å². The average molecular weight is 187 g/mol. The van der Waals surface area contributed by atoms with Crippen molar-refractivity contribution in [2.45, 2.75) is 4.90 Å². The topological polar surface area (TPSA) is 94.5 Å². The van der Waals surface area contributed by atoms with Crippen LogP contribution in [0.2, 0.25) is 0 Å². The zero-order chi connectivity index (χ0) is 9.19. The number of nitrogens with two attached hydrogens (primary N) is 1. The Morgan fingerprint density at radius 1 is 1.33 bits per heavy atom. The van der Waals surface area contributed by atoms with Crippen molar-refractivity contribution >= 4 is 15.8 Å². The summed E-state index contributed by atoms with van der Waals surface area (Å²) in [6.45, 7) is 0. The van der Waals surface area contributed by atoms with Gasteiger partial charge in [-0.15, -0.1) is 0 Å². The van der Waals surface area contributed by atoms with Gasteiger partial charge in [0.25, 0.3) is 10.1 Å². The van der Waals surface area contributed by atoms with E-state index in [1.54, 1.807) is 6.07 Å². The molecule has 0 spiro atoms. The number of hydrogen-bond donors (Lipinski definition) is 2. The van der Waals surface area contributed by atoms with Crippen LogP contribution in [0, 0.1) is 0 Å². The van der Waals surface area contributed by atoms with E-state index in [2.05, 4.69) is 5.43 Å². The molecule has 3 N–H and O–H groups in total. The molecule has 1 radical (unpaired) electrons. The van der Waals surface area contributed by atoms with Gasteiger partial charge in [-0.25, -0.2) is 11.3 Å². The van der Waals surface area contributed by atoms with Crippen LogP contribution in [0.1, 0.15) is 0 Å². The molecule has 0 amide bonds. The molecular weight excluding hydrogens is 180 g/mol. The second kappa shape index (κ2) is 3.10. The first-order chi connectivity index (χ1) is 5.55. The maximum atomic E-state index is 10.7. The standard InChI is InChI=1S/C6H7N2O3S/c7-8-5-3-1-2-4-6(5)12(9,10)11/h1-4H,7H2,(H,9,10,11). The van der Waals surface area contributed by atoms with Crippen molar-refractivity contribution in [1.82, 2.24) is 5.43 Å². The Kier molecular flexibility index (Phi) is 2.32. The van der Waals surface area contributed by atoms with Crippen LogP contribution in [0.4, 0.5) is 5.69 Å². The first kappa shape index (κ1) is 8.98. The summed E-state index contributed by atoms with van der Waals surface area (Å²) in [7, 11) is -4.22. The molecule has 0 aliphatic rings. The molecule has 1 aromatic carbocycles. The van der Waals surface area contributed by atoms with Crippen LogP contribution in [0.15, 0.2) is 29.2 Å². The lowest BCUT2D eigenvalue weighted by molar-refractivity contribution is 0.483. The van der Waals surface area contributed by atoms with E-state index in [-0.39, 0.29) is 10.6 Å². The number of benzene rings is 1. The van der Waals surface area contributed by atoms with Gasteiger partial charge in [0.15, 0.2) is 0 Å². The third-order valence-corrected chi connectivity index (χ3v) is 2.18. The van der Waals surface area contributed by atoms with Crippen LogP contribution in [0.25, 0.3) is 0 Å². The summed E-state index contributed by atoms with van der Waals surface area (Å²) in [5.74, 6) is 4.90. The monoisotopic (exact) mass is 187 g/mol. The molecule has 0 aliphatic heterocycles. The fourth-order valence-electron chi connectivity index (χ4n) is 0.782. The molecule has 6 heteroatoms.